The third-order valence-electron chi connectivity index (χ3n) is 4.31. The summed E-state index contributed by atoms with van der Waals surface area (Å²) in [5.41, 5.74) is 1.42. The summed E-state index contributed by atoms with van der Waals surface area (Å²) in [6.07, 6.45) is 4.81. The van der Waals surface area contributed by atoms with Crippen LogP contribution in [0.25, 0.3) is 0 Å². The van der Waals surface area contributed by atoms with E-state index < -0.39 is 0 Å². The lowest BCUT2D eigenvalue weighted by atomic mass is 9.72. The minimum absolute atomic E-state index is 0.175. The number of hydrogen-bond donors (Lipinski definition) is 0. The molecule has 0 saturated carbocycles. The molecule has 1 nitrogen and oxygen atoms in total. The Morgan fingerprint density at radius 2 is 2.00 bits per heavy atom. The predicted octanol–water partition coefficient (Wildman–Crippen LogP) is 5.07. The maximum Gasteiger partial charge on any atom is 0.161 e. The molecule has 2 unspecified atom stereocenters. The lowest BCUT2D eigenvalue weighted by Gasteiger charge is -2.28. The zero-order valence-corrected chi connectivity index (χ0v) is 14.1. The summed E-state index contributed by atoms with van der Waals surface area (Å²) in [7, 11) is 6.48. The van der Waals surface area contributed by atoms with Crippen LogP contribution < -0.4 is 0 Å². The van der Waals surface area contributed by atoms with E-state index in [0.29, 0.717) is 6.04 Å². The van der Waals surface area contributed by atoms with Gasteiger partial charge in [-0.25, -0.2) is 0 Å². The standard InChI is InChI=1S/C15H24BNS2/c1-9(2)11-6-5-7-13-14(12(16)8-11)19-15(18)17(13)10(3)4/h9-12H,5-8H2,1-4H3. The van der Waals surface area contributed by atoms with Crippen molar-refractivity contribution in [3.8, 4) is 0 Å². The van der Waals surface area contributed by atoms with E-state index >= 15 is 0 Å². The summed E-state index contributed by atoms with van der Waals surface area (Å²) < 4.78 is 3.32. The Labute approximate surface area is 127 Å². The van der Waals surface area contributed by atoms with Crippen LogP contribution in [0.5, 0.6) is 0 Å². The molecule has 1 aliphatic carbocycles. The number of thiazole rings is 1. The van der Waals surface area contributed by atoms with Crippen molar-refractivity contribution < 1.29 is 0 Å². The average Bonchev–Trinajstić information content (AvgIpc) is 2.62. The maximum atomic E-state index is 6.48. The summed E-state index contributed by atoms with van der Waals surface area (Å²) in [6, 6.07) is 0.444. The maximum absolute atomic E-state index is 6.48. The van der Waals surface area contributed by atoms with Crippen molar-refractivity contribution in [2.75, 3.05) is 0 Å². The molecule has 0 saturated heterocycles. The molecule has 4 heteroatoms. The molecule has 2 atom stereocenters. The fourth-order valence-electron chi connectivity index (χ4n) is 3.18. The van der Waals surface area contributed by atoms with E-state index in [0.717, 1.165) is 28.6 Å². The molecular weight excluding hydrogens is 269 g/mol. The largest absolute Gasteiger partial charge is 0.324 e. The molecular formula is C15H24BNS2. The van der Waals surface area contributed by atoms with Crippen LogP contribution in [0.3, 0.4) is 0 Å². The van der Waals surface area contributed by atoms with E-state index in [9.17, 15) is 0 Å². The first-order valence-electron chi connectivity index (χ1n) is 7.41. The van der Waals surface area contributed by atoms with Gasteiger partial charge in [0.1, 0.15) is 0 Å². The number of hydrogen-bond acceptors (Lipinski definition) is 2. The topological polar surface area (TPSA) is 4.93 Å². The molecule has 2 rings (SSSR count). The van der Waals surface area contributed by atoms with Crippen molar-refractivity contribution in [2.24, 2.45) is 11.8 Å². The highest BCUT2D eigenvalue weighted by molar-refractivity contribution is 7.73. The quantitative estimate of drug-likeness (QED) is 0.544. The smallest absolute Gasteiger partial charge is 0.161 e. The summed E-state index contributed by atoms with van der Waals surface area (Å²) in [5, 5.41) is 0. The van der Waals surface area contributed by atoms with Crippen molar-refractivity contribution in [1.29, 1.82) is 0 Å². The van der Waals surface area contributed by atoms with Crippen LogP contribution in [-0.4, -0.2) is 12.4 Å². The Balaban J connectivity index is 2.38. The highest BCUT2D eigenvalue weighted by Gasteiger charge is 2.25. The highest BCUT2D eigenvalue weighted by Crippen LogP contribution is 2.38. The summed E-state index contributed by atoms with van der Waals surface area (Å²) in [6.45, 7) is 9.07. The van der Waals surface area contributed by atoms with Crippen LogP contribution in [0, 0.1) is 15.8 Å². The first kappa shape index (κ1) is 15.3. The van der Waals surface area contributed by atoms with Crippen molar-refractivity contribution in [1.82, 2.24) is 4.57 Å². The Bertz CT molecular complexity index is 487. The van der Waals surface area contributed by atoms with Crippen LogP contribution in [0.2, 0.25) is 0 Å². The lowest BCUT2D eigenvalue weighted by molar-refractivity contribution is 0.318. The van der Waals surface area contributed by atoms with Crippen LogP contribution >= 0.6 is 23.6 Å². The average molecular weight is 293 g/mol. The summed E-state index contributed by atoms with van der Waals surface area (Å²) >= 11 is 7.29. The first-order valence-corrected chi connectivity index (χ1v) is 8.64. The van der Waals surface area contributed by atoms with Crippen LogP contribution in [0.1, 0.15) is 69.4 Å². The fraction of sp³-hybridized carbons (Fsp3) is 0.800. The molecule has 0 amide bonds. The molecule has 0 bridgehead atoms. The molecule has 1 heterocycles. The van der Waals surface area contributed by atoms with Gasteiger partial charge in [0.15, 0.2) is 3.95 Å². The molecule has 1 aliphatic rings. The molecule has 1 aromatic rings. The minimum atomic E-state index is 0.175. The van der Waals surface area contributed by atoms with Gasteiger partial charge < -0.3 is 4.57 Å². The van der Waals surface area contributed by atoms with E-state index in [2.05, 4.69) is 32.3 Å². The zero-order valence-electron chi connectivity index (χ0n) is 12.5. The molecule has 0 fully saturated rings. The van der Waals surface area contributed by atoms with Crippen molar-refractivity contribution in [3.05, 3.63) is 14.5 Å². The summed E-state index contributed by atoms with van der Waals surface area (Å²) in [4.78, 5) is 1.35. The van der Waals surface area contributed by atoms with Gasteiger partial charge in [0.25, 0.3) is 0 Å². The molecule has 0 aliphatic heterocycles. The monoisotopic (exact) mass is 293 g/mol. The van der Waals surface area contributed by atoms with Gasteiger partial charge in [-0.1, -0.05) is 20.3 Å². The molecule has 19 heavy (non-hydrogen) atoms. The third-order valence-corrected chi connectivity index (χ3v) is 5.89. The van der Waals surface area contributed by atoms with Gasteiger partial charge in [-0.2, -0.15) is 0 Å². The predicted molar refractivity (Wildman–Crippen MR) is 87.9 cm³/mol. The van der Waals surface area contributed by atoms with E-state index in [4.69, 9.17) is 20.1 Å². The second kappa shape index (κ2) is 6.13. The second-order valence-corrected chi connectivity index (χ2v) is 8.06. The van der Waals surface area contributed by atoms with Gasteiger partial charge >= 0.3 is 0 Å². The second-order valence-electron chi connectivity index (χ2n) is 6.38. The minimum Gasteiger partial charge on any atom is -0.324 e. The Morgan fingerprint density at radius 3 is 2.58 bits per heavy atom. The van der Waals surface area contributed by atoms with Crippen molar-refractivity contribution in [3.63, 3.8) is 0 Å². The molecule has 0 spiro atoms. The van der Waals surface area contributed by atoms with Crippen LogP contribution in [0.4, 0.5) is 0 Å². The normalized spacial score (nSPS) is 24.3. The molecule has 1 aromatic heterocycles. The fourth-order valence-corrected chi connectivity index (χ4v) is 4.94. The van der Waals surface area contributed by atoms with E-state index in [1.807, 2.05) is 0 Å². The van der Waals surface area contributed by atoms with Crippen LogP contribution in [0.15, 0.2) is 0 Å². The molecule has 2 radical (unpaired) electrons. The number of aromatic nitrogens is 1. The van der Waals surface area contributed by atoms with Gasteiger partial charge in [-0.05, 0) is 63.0 Å². The van der Waals surface area contributed by atoms with Gasteiger partial charge in [-0.15, -0.1) is 11.3 Å². The molecule has 0 N–H and O–H groups in total. The highest BCUT2D eigenvalue weighted by atomic mass is 32.1. The van der Waals surface area contributed by atoms with Crippen LogP contribution in [-0.2, 0) is 6.42 Å². The lowest BCUT2D eigenvalue weighted by Crippen LogP contribution is -2.18. The van der Waals surface area contributed by atoms with Crippen molar-refractivity contribution >= 4 is 31.4 Å². The Morgan fingerprint density at radius 1 is 1.32 bits per heavy atom. The van der Waals surface area contributed by atoms with Gasteiger partial charge in [0, 0.05) is 16.6 Å². The zero-order chi connectivity index (χ0) is 14.2. The van der Waals surface area contributed by atoms with E-state index in [1.165, 1.54) is 23.4 Å². The first-order chi connectivity index (χ1) is 8.91. The van der Waals surface area contributed by atoms with E-state index in [-0.39, 0.29) is 5.82 Å². The Hall–Kier alpha value is -0.0851. The van der Waals surface area contributed by atoms with Gasteiger partial charge in [-0.3, -0.25) is 0 Å². The van der Waals surface area contributed by atoms with E-state index in [1.54, 1.807) is 11.3 Å². The number of fused-ring (bicyclic) bond motifs is 1. The number of nitrogens with zero attached hydrogens (tertiary/aromatic N) is 1. The third kappa shape index (κ3) is 3.16. The van der Waals surface area contributed by atoms with Gasteiger partial charge in [0.05, 0.1) is 7.85 Å². The SMILES string of the molecule is [B]C1CC(C(C)C)CCCc2c1sc(=S)n2C(C)C. The molecule has 104 valence electrons. The Kier molecular flexibility index (Phi) is 4.94. The van der Waals surface area contributed by atoms with Crippen molar-refractivity contribution in [2.45, 2.75) is 65.2 Å². The summed E-state index contributed by atoms with van der Waals surface area (Å²) in [5.74, 6) is 1.66. The van der Waals surface area contributed by atoms with Gasteiger partial charge in [0.2, 0.25) is 0 Å². The number of rotatable bonds is 2. The molecule has 0 aromatic carbocycles.